The molecule has 0 spiro atoms. The van der Waals surface area contributed by atoms with Gasteiger partial charge in [-0.15, -0.1) is 0 Å². The number of phenolic OH excluding ortho intramolecular Hbond substituents is 1. The van der Waals surface area contributed by atoms with Gasteiger partial charge in [0.25, 0.3) is 0 Å². The smallest absolute Gasteiger partial charge is 0.161 e. The maximum atomic E-state index is 9.80. The maximum absolute atomic E-state index is 9.80. The predicted octanol–water partition coefficient (Wildman–Crippen LogP) is 4.07. The van der Waals surface area contributed by atoms with Crippen molar-refractivity contribution in [2.75, 3.05) is 5.32 Å². The van der Waals surface area contributed by atoms with Crippen LogP contribution in [0.3, 0.4) is 0 Å². The molecule has 1 atom stereocenters. The number of anilines is 1. The zero-order valence-corrected chi connectivity index (χ0v) is 17.4. The van der Waals surface area contributed by atoms with E-state index < -0.39 is 0 Å². The molecule has 0 bridgehead atoms. The van der Waals surface area contributed by atoms with Crippen LogP contribution in [0.5, 0.6) is 5.75 Å². The van der Waals surface area contributed by atoms with Gasteiger partial charge in [-0.25, -0.2) is 4.98 Å². The lowest BCUT2D eigenvalue weighted by Gasteiger charge is -2.16. The Labute approximate surface area is 180 Å². The lowest BCUT2D eigenvalue weighted by Crippen LogP contribution is -2.21. The number of nitrogens with one attached hydrogen (secondary N) is 1. The van der Waals surface area contributed by atoms with E-state index >= 15 is 0 Å². The molecule has 154 valence electrons. The second kappa shape index (κ2) is 7.40. The topological polar surface area (TPSA) is 99.1 Å². The molecule has 0 saturated carbocycles. The average molecular weight is 410 g/mol. The first-order valence-corrected chi connectivity index (χ1v) is 10.3. The van der Waals surface area contributed by atoms with E-state index in [0.29, 0.717) is 11.3 Å². The third-order valence-electron chi connectivity index (χ3n) is 5.76. The zero-order valence-electron chi connectivity index (χ0n) is 17.4. The van der Waals surface area contributed by atoms with Crippen molar-refractivity contribution in [3.8, 4) is 23.1 Å². The summed E-state index contributed by atoms with van der Waals surface area (Å²) in [5.41, 5.74) is 6.31. The molecule has 5 rings (SSSR count). The van der Waals surface area contributed by atoms with Gasteiger partial charge in [-0.3, -0.25) is 4.98 Å². The molecular formula is C24H22N6O. The van der Waals surface area contributed by atoms with Gasteiger partial charge in [0.15, 0.2) is 5.65 Å². The summed E-state index contributed by atoms with van der Waals surface area (Å²) in [4.78, 5) is 9.06. The highest BCUT2D eigenvalue weighted by atomic mass is 16.3. The molecule has 4 aromatic rings. The average Bonchev–Trinajstić information content (AvgIpc) is 3.37. The van der Waals surface area contributed by atoms with Gasteiger partial charge in [-0.1, -0.05) is 19.9 Å². The Morgan fingerprint density at radius 2 is 1.97 bits per heavy atom. The molecule has 3 heterocycles. The van der Waals surface area contributed by atoms with Crippen molar-refractivity contribution in [3.05, 3.63) is 71.2 Å². The number of nitriles is 1. The summed E-state index contributed by atoms with van der Waals surface area (Å²) in [5.74, 6) is 1.41. The molecule has 7 nitrogen and oxygen atoms in total. The Morgan fingerprint density at radius 3 is 2.77 bits per heavy atom. The Balaban J connectivity index is 1.57. The van der Waals surface area contributed by atoms with Crippen LogP contribution < -0.4 is 5.32 Å². The standard InChI is InChI=1S/C24H22N6O/c1-14(2)21-13-27-30-23(28-19-6-16-3-4-20(31)8-17(16)7-19)9-22(29-24(21)30)18-5-15(10-25)11-26-12-18/h3-5,8-9,11-14,19,28,31H,6-7H2,1-2H3/t19-/m1/s1. The van der Waals surface area contributed by atoms with Crippen molar-refractivity contribution in [2.45, 2.75) is 38.6 Å². The van der Waals surface area contributed by atoms with Crippen LogP contribution in [0.2, 0.25) is 0 Å². The second-order valence-electron chi connectivity index (χ2n) is 8.29. The van der Waals surface area contributed by atoms with E-state index in [-0.39, 0.29) is 12.0 Å². The summed E-state index contributed by atoms with van der Waals surface area (Å²) in [6.07, 6.45) is 6.84. The van der Waals surface area contributed by atoms with Crippen LogP contribution in [0.25, 0.3) is 16.9 Å². The van der Waals surface area contributed by atoms with E-state index in [1.807, 2.05) is 28.9 Å². The Kier molecular flexibility index (Phi) is 4.55. The zero-order chi connectivity index (χ0) is 21.5. The van der Waals surface area contributed by atoms with Crippen LogP contribution in [-0.2, 0) is 12.8 Å². The first kappa shape index (κ1) is 19.1. The SMILES string of the molecule is CC(C)c1cnn2c(N[C@@H]3Cc4ccc(O)cc4C3)cc(-c3cncc(C#N)c3)nc12. The highest BCUT2D eigenvalue weighted by Gasteiger charge is 2.23. The van der Waals surface area contributed by atoms with Gasteiger partial charge in [0, 0.05) is 35.6 Å². The number of aromatic hydroxyl groups is 1. The second-order valence-corrected chi connectivity index (χ2v) is 8.29. The van der Waals surface area contributed by atoms with Crippen LogP contribution >= 0.6 is 0 Å². The highest BCUT2D eigenvalue weighted by molar-refractivity contribution is 5.68. The Bertz CT molecular complexity index is 1330. The Morgan fingerprint density at radius 1 is 1.13 bits per heavy atom. The molecule has 3 aromatic heterocycles. The minimum atomic E-state index is 0.186. The molecule has 7 heteroatoms. The van der Waals surface area contributed by atoms with E-state index in [1.165, 1.54) is 5.56 Å². The van der Waals surface area contributed by atoms with E-state index in [0.717, 1.165) is 46.7 Å². The lowest BCUT2D eigenvalue weighted by atomic mass is 10.1. The van der Waals surface area contributed by atoms with Gasteiger partial charge in [-0.2, -0.15) is 14.9 Å². The summed E-state index contributed by atoms with van der Waals surface area (Å²) in [6, 6.07) is 11.7. The fourth-order valence-corrected chi connectivity index (χ4v) is 4.19. The van der Waals surface area contributed by atoms with Crippen molar-refractivity contribution in [2.24, 2.45) is 0 Å². The van der Waals surface area contributed by atoms with Gasteiger partial charge < -0.3 is 10.4 Å². The number of aromatic nitrogens is 4. The minimum absolute atomic E-state index is 0.186. The van der Waals surface area contributed by atoms with E-state index in [2.05, 4.69) is 35.3 Å². The van der Waals surface area contributed by atoms with E-state index in [1.54, 1.807) is 24.5 Å². The number of rotatable bonds is 4. The summed E-state index contributed by atoms with van der Waals surface area (Å²) >= 11 is 0. The van der Waals surface area contributed by atoms with Gasteiger partial charge in [0.05, 0.1) is 17.5 Å². The van der Waals surface area contributed by atoms with Crippen LogP contribution in [0.1, 0.15) is 42.0 Å². The monoisotopic (exact) mass is 410 g/mol. The summed E-state index contributed by atoms with van der Waals surface area (Å²) in [5, 5.41) is 27.3. The Hall–Kier alpha value is -3.92. The molecular weight excluding hydrogens is 388 g/mol. The van der Waals surface area contributed by atoms with Gasteiger partial charge in [-0.05, 0) is 48.1 Å². The molecule has 0 saturated heterocycles. The highest BCUT2D eigenvalue weighted by Crippen LogP contribution is 2.30. The number of phenols is 1. The molecule has 1 aliphatic rings. The maximum Gasteiger partial charge on any atom is 0.161 e. The lowest BCUT2D eigenvalue weighted by molar-refractivity contribution is 0.474. The minimum Gasteiger partial charge on any atom is -0.508 e. The number of pyridine rings is 1. The molecule has 1 aliphatic carbocycles. The first-order valence-electron chi connectivity index (χ1n) is 10.3. The molecule has 0 amide bonds. The molecule has 0 fully saturated rings. The molecule has 31 heavy (non-hydrogen) atoms. The number of hydrogen-bond donors (Lipinski definition) is 2. The van der Waals surface area contributed by atoms with Gasteiger partial charge in [0.1, 0.15) is 17.6 Å². The van der Waals surface area contributed by atoms with E-state index in [9.17, 15) is 10.4 Å². The fraction of sp³-hybridized carbons (Fsp3) is 0.250. The molecule has 0 unspecified atom stereocenters. The number of nitrogens with zero attached hydrogens (tertiary/aromatic N) is 5. The quantitative estimate of drug-likeness (QED) is 0.526. The van der Waals surface area contributed by atoms with Crippen LogP contribution in [0.4, 0.5) is 5.82 Å². The largest absolute Gasteiger partial charge is 0.508 e. The third kappa shape index (κ3) is 3.46. The van der Waals surface area contributed by atoms with Crippen molar-refractivity contribution >= 4 is 11.5 Å². The van der Waals surface area contributed by atoms with Crippen molar-refractivity contribution in [1.29, 1.82) is 5.26 Å². The molecule has 1 aromatic carbocycles. The van der Waals surface area contributed by atoms with Crippen molar-refractivity contribution in [1.82, 2.24) is 19.6 Å². The number of fused-ring (bicyclic) bond motifs is 2. The summed E-state index contributed by atoms with van der Waals surface area (Å²) in [7, 11) is 0. The molecule has 0 aliphatic heterocycles. The first-order chi connectivity index (χ1) is 15.0. The van der Waals surface area contributed by atoms with Crippen LogP contribution in [0, 0.1) is 11.3 Å². The van der Waals surface area contributed by atoms with Gasteiger partial charge >= 0.3 is 0 Å². The molecule has 2 N–H and O–H groups in total. The number of benzene rings is 1. The summed E-state index contributed by atoms with van der Waals surface area (Å²) in [6.45, 7) is 4.24. The van der Waals surface area contributed by atoms with Gasteiger partial charge in [0.2, 0.25) is 0 Å². The van der Waals surface area contributed by atoms with Crippen LogP contribution in [-0.4, -0.2) is 30.7 Å². The molecule has 0 radical (unpaired) electrons. The third-order valence-corrected chi connectivity index (χ3v) is 5.76. The number of hydrogen-bond acceptors (Lipinski definition) is 6. The predicted molar refractivity (Wildman–Crippen MR) is 118 cm³/mol. The van der Waals surface area contributed by atoms with E-state index in [4.69, 9.17) is 4.98 Å². The normalized spacial score (nSPS) is 15.2. The van der Waals surface area contributed by atoms with Crippen molar-refractivity contribution in [3.63, 3.8) is 0 Å². The van der Waals surface area contributed by atoms with Crippen LogP contribution in [0.15, 0.2) is 48.9 Å². The fourth-order valence-electron chi connectivity index (χ4n) is 4.19. The summed E-state index contributed by atoms with van der Waals surface area (Å²) < 4.78 is 1.85. The van der Waals surface area contributed by atoms with Crippen molar-refractivity contribution < 1.29 is 5.11 Å².